The second-order valence-corrected chi connectivity index (χ2v) is 12.0. The lowest BCUT2D eigenvalue weighted by molar-refractivity contribution is 0.630. The number of benzene rings is 5. The molecule has 7 aromatic rings. The van der Waals surface area contributed by atoms with E-state index in [0.717, 1.165) is 21.2 Å². The Morgan fingerprint density at radius 2 is 1.15 bits per heavy atom. The summed E-state index contributed by atoms with van der Waals surface area (Å²) in [6.07, 6.45) is 0. The van der Waals surface area contributed by atoms with Crippen molar-refractivity contribution in [2.75, 3.05) is 0 Å². The van der Waals surface area contributed by atoms with Gasteiger partial charge in [-0.05, 0) is 47.5 Å². The first-order valence-corrected chi connectivity index (χ1v) is 14.5. The minimum atomic E-state index is -0.241. The predicted octanol–water partition coefficient (Wildman–Crippen LogP) is 9.37. The predicted molar refractivity (Wildman–Crippen MR) is 170 cm³/mol. The van der Waals surface area contributed by atoms with Crippen LogP contribution >= 0.6 is 15.9 Å². The largest absolute Gasteiger partial charge is 0.309 e. The van der Waals surface area contributed by atoms with Gasteiger partial charge in [-0.15, -0.1) is 0 Å². The zero-order valence-corrected chi connectivity index (χ0v) is 24.2. The lowest BCUT2D eigenvalue weighted by Gasteiger charge is -2.35. The molecular weight excluding hydrogens is 568 g/mol. The van der Waals surface area contributed by atoms with Crippen LogP contribution in [0.25, 0.3) is 61.7 Å². The maximum Gasteiger partial charge on any atom is 0.164 e. The number of aromatic nitrogens is 4. The molecule has 0 unspecified atom stereocenters. The maximum absolute atomic E-state index is 5.00. The van der Waals surface area contributed by atoms with Gasteiger partial charge in [-0.1, -0.05) is 109 Å². The van der Waals surface area contributed by atoms with Gasteiger partial charge in [0.25, 0.3) is 0 Å². The minimum Gasteiger partial charge on any atom is -0.309 e. The van der Waals surface area contributed by atoms with Gasteiger partial charge in [0.15, 0.2) is 17.5 Å². The third-order valence-electron chi connectivity index (χ3n) is 8.28. The summed E-state index contributed by atoms with van der Waals surface area (Å²) >= 11 is 3.81. The number of rotatable bonds is 3. The molecule has 5 heteroatoms. The van der Waals surface area contributed by atoms with Crippen LogP contribution in [0.5, 0.6) is 0 Å². The van der Waals surface area contributed by atoms with Crippen molar-refractivity contribution < 1.29 is 0 Å². The Labute approximate surface area is 246 Å². The van der Waals surface area contributed by atoms with Crippen molar-refractivity contribution in [3.8, 4) is 39.9 Å². The Bertz CT molecular complexity index is 2070. The van der Waals surface area contributed by atoms with E-state index in [2.05, 4.69) is 88.9 Å². The molecule has 1 aliphatic rings. The van der Waals surface area contributed by atoms with Crippen LogP contribution in [-0.4, -0.2) is 19.5 Å². The summed E-state index contributed by atoms with van der Waals surface area (Å²) in [5.41, 5.74) is 8.88. The van der Waals surface area contributed by atoms with Crippen LogP contribution in [0, 0.1) is 0 Å². The standard InChI is InChI=1S/C36H25BrN4/c1-36(2)28-19-24(35-39-33(22-11-5-3-6-12-22)38-34(40-35)23-13-7-4-8-14-23)17-18-31(28)41-30-16-10-9-15-26(30)27-20-25(37)21-29(36)32(27)41/h3-21H,1-2H3. The van der Waals surface area contributed by atoms with E-state index in [1.807, 2.05) is 60.7 Å². The summed E-state index contributed by atoms with van der Waals surface area (Å²) in [4.78, 5) is 14.9. The number of para-hydroxylation sites is 1. The third kappa shape index (κ3) is 3.69. The average Bonchev–Trinajstić information content (AvgIpc) is 3.34. The molecule has 0 saturated heterocycles. The number of fused-ring (bicyclic) bond motifs is 5. The van der Waals surface area contributed by atoms with Crippen molar-refractivity contribution in [2.24, 2.45) is 0 Å². The fourth-order valence-corrected chi connectivity index (χ4v) is 6.70. The molecule has 0 spiro atoms. The Hall–Kier alpha value is -4.61. The average molecular weight is 594 g/mol. The Morgan fingerprint density at radius 3 is 1.80 bits per heavy atom. The van der Waals surface area contributed by atoms with Gasteiger partial charge in [0, 0.05) is 37.4 Å². The van der Waals surface area contributed by atoms with Gasteiger partial charge in [-0.25, -0.2) is 15.0 Å². The van der Waals surface area contributed by atoms with E-state index in [9.17, 15) is 0 Å². The summed E-state index contributed by atoms with van der Waals surface area (Å²) in [7, 11) is 0. The van der Waals surface area contributed by atoms with Crippen molar-refractivity contribution >= 4 is 37.7 Å². The molecule has 8 rings (SSSR count). The molecular formula is C36H25BrN4. The molecule has 41 heavy (non-hydrogen) atoms. The van der Waals surface area contributed by atoms with E-state index in [1.165, 1.54) is 38.6 Å². The number of hydrogen-bond acceptors (Lipinski definition) is 3. The van der Waals surface area contributed by atoms with Crippen molar-refractivity contribution in [1.29, 1.82) is 0 Å². The highest BCUT2D eigenvalue weighted by molar-refractivity contribution is 9.10. The number of halogens is 1. The third-order valence-corrected chi connectivity index (χ3v) is 8.73. The summed E-state index contributed by atoms with van der Waals surface area (Å²) in [5.74, 6) is 2.00. The molecule has 0 fully saturated rings. The molecule has 4 nitrogen and oxygen atoms in total. The molecule has 0 aliphatic carbocycles. The molecule has 196 valence electrons. The quantitative estimate of drug-likeness (QED) is 0.205. The van der Waals surface area contributed by atoms with Crippen LogP contribution in [0.1, 0.15) is 25.0 Å². The molecule has 1 aliphatic heterocycles. The summed E-state index contributed by atoms with van der Waals surface area (Å²) in [6, 6.07) is 40.1. The van der Waals surface area contributed by atoms with Crippen molar-refractivity contribution in [3.05, 3.63) is 131 Å². The van der Waals surface area contributed by atoms with Crippen LogP contribution in [0.2, 0.25) is 0 Å². The molecule has 0 saturated carbocycles. The van der Waals surface area contributed by atoms with Crippen molar-refractivity contribution in [2.45, 2.75) is 19.3 Å². The van der Waals surface area contributed by atoms with Gasteiger partial charge in [-0.2, -0.15) is 0 Å². The minimum absolute atomic E-state index is 0.241. The first-order valence-electron chi connectivity index (χ1n) is 13.7. The topological polar surface area (TPSA) is 43.6 Å². The Kier molecular flexibility index (Phi) is 5.28. The lowest BCUT2D eigenvalue weighted by Crippen LogP contribution is -2.26. The van der Waals surface area contributed by atoms with Gasteiger partial charge < -0.3 is 4.57 Å². The fourth-order valence-electron chi connectivity index (χ4n) is 6.24. The molecule has 5 aromatic carbocycles. The van der Waals surface area contributed by atoms with E-state index in [1.54, 1.807) is 0 Å². The smallest absolute Gasteiger partial charge is 0.164 e. The molecule has 2 aromatic heterocycles. The molecule has 3 heterocycles. The van der Waals surface area contributed by atoms with Gasteiger partial charge in [-0.3, -0.25) is 0 Å². The first kappa shape index (κ1) is 24.2. The van der Waals surface area contributed by atoms with Gasteiger partial charge in [0.1, 0.15) is 0 Å². The van der Waals surface area contributed by atoms with Crippen LogP contribution in [0.3, 0.4) is 0 Å². The van der Waals surface area contributed by atoms with Gasteiger partial charge in [0.2, 0.25) is 0 Å². The van der Waals surface area contributed by atoms with E-state index in [-0.39, 0.29) is 5.41 Å². The first-order chi connectivity index (χ1) is 20.0. The highest BCUT2D eigenvalue weighted by atomic mass is 79.9. The van der Waals surface area contributed by atoms with E-state index >= 15 is 0 Å². The van der Waals surface area contributed by atoms with Crippen LogP contribution in [0.4, 0.5) is 0 Å². The normalized spacial score (nSPS) is 13.4. The zero-order chi connectivity index (χ0) is 27.7. The van der Waals surface area contributed by atoms with Crippen molar-refractivity contribution in [1.82, 2.24) is 19.5 Å². The van der Waals surface area contributed by atoms with Crippen LogP contribution in [0.15, 0.2) is 120 Å². The highest BCUT2D eigenvalue weighted by Gasteiger charge is 2.36. The SMILES string of the molecule is CC1(C)c2cc(-c3nc(-c4ccccc4)nc(-c4ccccc4)n3)ccc2-n2c3ccccc3c3cc(Br)cc1c32. The van der Waals surface area contributed by atoms with Crippen molar-refractivity contribution in [3.63, 3.8) is 0 Å². The summed E-state index contributed by atoms with van der Waals surface area (Å²) < 4.78 is 3.52. The lowest BCUT2D eigenvalue weighted by atomic mass is 9.74. The fraction of sp³-hybridized carbons (Fsp3) is 0.0833. The number of hydrogen-bond donors (Lipinski definition) is 0. The van der Waals surface area contributed by atoms with Gasteiger partial charge >= 0.3 is 0 Å². The molecule has 0 atom stereocenters. The maximum atomic E-state index is 5.00. The number of nitrogens with zero attached hydrogens (tertiary/aromatic N) is 4. The molecule has 0 bridgehead atoms. The highest BCUT2D eigenvalue weighted by Crippen LogP contribution is 2.49. The second kappa shape index (κ2) is 8.95. The van der Waals surface area contributed by atoms with E-state index in [0.29, 0.717) is 17.5 Å². The second-order valence-electron chi connectivity index (χ2n) is 11.1. The molecule has 0 radical (unpaired) electrons. The van der Waals surface area contributed by atoms with E-state index in [4.69, 9.17) is 15.0 Å². The zero-order valence-electron chi connectivity index (χ0n) is 22.6. The summed E-state index contributed by atoms with van der Waals surface area (Å²) in [5, 5.41) is 2.53. The van der Waals surface area contributed by atoms with Crippen LogP contribution in [-0.2, 0) is 5.41 Å². The monoisotopic (exact) mass is 592 g/mol. The summed E-state index contributed by atoms with van der Waals surface area (Å²) in [6.45, 7) is 4.63. The Morgan fingerprint density at radius 1 is 0.561 bits per heavy atom. The van der Waals surface area contributed by atoms with E-state index < -0.39 is 0 Å². The molecule has 0 amide bonds. The van der Waals surface area contributed by atoms with Crippen LogP contribution < -0.4 is 0 Å². The van der Waals surface area contributed by atoms with Gasteiger partial charge in [0.05, 0.1) is 16.7 Å². The molecule has 0 N–H and O–H groups in total. The Balaban J connectivity index is 1.39.